The number of hydrogen-bond acceptors (Lipinski definition) is 3. The van der Waals surface area contributed by atoms with E-state index in [4.69, 9.17) is 4.42 Å². The first-order valence-electron chi connectivity index (χ1n) is 6.61. The Morgan fingerprint density at radius 2 is 2.05 bits per heavy atom. The average molecular weight is 349 g/mol. The standard InChI is InChI=1S/C16H14BrFN2O/c1-9(13-7-11(17)3-5-14(13)18)19-12-4-6-16-15(8-12)20-10(2)21-16/h3-9,19H,1-2H3. The van der Waals surface area contributed by atoms with E-state index in [1.807, 2.05) is 32.0 Å². The van der Waals surface area contributed by atoms with Crippen LogP contribution in [0.4, 0.5) is 10.1 Å². The summed E-state index contributed by atoms with van der Waals surface area (Å²) in [5, 5.41) is 3.29. The Hall–Kier alpha value is -1.88. The van der Waals surface area contributed by atoms with Crippen LogP contribution in [-0.4, -0.2) is 4.98 Å². The van der Waals surface area contributed by atoms with Crippen LogP contribution in [0.15, 0.2) is 45.3 Å². The summed E-state index contributed by atoms with van der Waals surface area (Å²) in [4.78, 5) is 4.30. The van der Waals surface area contributed by atoms with Gasteiger partial charge in [-0.05, 0) is 43.3 Å². The molecule has 1 heterocycles. The number of fused-ring (bicyclic) bond motifs is 1. The molecule has 0 spiro atoms. The van der Waals surface area contributed by atoms with E-state index in [1.54, 1.807) is 12.1 Å². The van der Waals surface area contributed by atoms with Gasteiger partial charge in [0.2, 0.25) is 0 Å². The van der Waals surface area contributed by atoms with Gasteiger partial charge in [0, 0.05) is 22.6 Å². The first-order valence-corrected chi connectivity index (χ1v) is 7.41. The summed E-state index contributed by atoms with van der Waals surface area (Å²) in [5.74, 6) is 0.407. The van der Waals surface area contributed by atoms with Gasteiger partial charge in [-0.15, -0.1) is 0 Å². The van der Waals surface area contributed by atoms with E-state index in [9.17, 15) is 4.39 Å². The Morgan fingerprint density at radius 1 is 1.24 bits per heavy atom. The second-order valence-corrected chi connectivity index (χ2v) is 5.86. The van der Waals surface area contributed by atoms with Crippen molar-refractivity contribution in [1.82, 2.24) is 4.98 Å². The highest BCUT2D eigenvalue weighted by Crippen LogP contribution is 2.26. The Labute approximate surface area is 130 Å². The Balaban J connectivity index is 1.88. The second-order valence-electron chi connectivity index (χ2n) is 4.95. The summed E-state index contributed by atoms with van der Waals surface area (Å²) in [5.41, 5.74) is 3.03. The predicted octanol–water partition coefficient (Wildman–Crippen LogP) is 5.21. The van der Waals surface area contributed by atoms with Crippen LogP contribution in [0.3, 0.4) is 0 Å². The van der Waals surface area contributed by atoms with E-state index in [1.165, 1.54) is 6.07 Å². The molecular formula is C16H14BrFN2O. The van der Waals surface area contributed by atoms with Crippen LogP contribution < -0.4 is 5.32 Å². The highest BCUT2D eigenvalue weighted by Gasteiger charge is 2.12. The molecule has 108 valence electrons. The predicted molar refractivity (Wildman–Crippen MR) is 84.9 cm³/mol. The van der Waals surface area contributed by atoms with Crippen molar-refractivity contribution >= 4 is 32.7 Å². The summed E-state index contributed by atoms with van der Waals surface area (Å²) in [6.45, 7) is 3.73. The van der Waals surface area contributed by atoms with Crippen LogP contribution in [0.25, 0.3) is 11.1 Å². The van der Waals surface area contributed by atoms with Gasteiger partial charge in [-0.1, -0.05) is 15.9 Å². The van der Waals surface area contributed by atoms with Crippen LogP contribution in [0.1, 0.15) is 24.4 Å². The first kappa shape index (κ1) is 14.1. The molecule has 2 aromatic carbocycles. The van der Waals surface area contributed by atoms with Crippen LogP contribution in [-0.2, 0) is 0 Å². The molecule has 0 saturated heterocycles. The quantitative estimate of drug-likeness (QED) is 0.705. The van der Waals surface area contributed by atoms with Gasteiger partial charge in [0.05, 0.1) is 6.04 Å². The number of nitrogens with zero attached hydrogens (tertiary/aromatic N) is 1. The van der Waals surface area contributed by atoms with E-state index in [0.29, 0.717) is 11.5 Å². The lowest BCUT2D eigenvalue weighted by atomic mass is 10.1. The van der Waals surface area contributed by atoms with E-state index >= 15 is 0 Å². The summed E-state index contributed by atoms with van der Waals surface area (Å²) < 4.78 is 20.2. The number of oxazole rings is 1. The summed E-state index contributed by atoms with van der Waals surface area (Å²) >= 11 is 3.37. The minimum Gasteiger partial charge on any atom is -0.441 e. The van der Waals surface area contributed by atoms with E-state index in [2.05, 4.69) is 26.2 Å². The van der Waals surface area contributed by atoms with Crippen LogP contribution in [0, 0.1) is 12.7 Å². The third-order valence-corrected chi connectivity index (χ3v) is 3.80. The maximum atomic E-state index is 13.9. The van der Waals surface area contributed by atoms with E-state index in [0.717, 1.165) is 21.3 Å². The molecule has 3 nitrogen and oxygen atoms in total. The summed E-state index contributed by atoms with van der Waals surface area (Å²) in [7, 11) is 0. The molecule has 0 fully saturated rings. The SMILES string of the molecule is Cc1nc2cc(NC(C)c3cc(Br)ccc3F)ccc2o1. The second kappa shape index (κ2) is 5.48. The molecule has 3 aromatic rings. The summed E-state index contributed by atoms with van der Waals surface area (Å²) in [6, 6.07) is 10.4. The number of aryl methyl sites for hydroxylation is 1. The fourth-order valence-electron chi connectivity index (χ4n) is 2.31. The number of nitrogens with one attached hydrogen (secondary N) is 1. The molecule has 1 N–H and O–H groups in total. The normalized spacial score (nSPS) is 12.6. The lowest BCUT2D eigenvalue weighted by Crippen LogP contribution is -2.08. The van der Waals surface area contributed by atoms with E-state index in [-0.39, 0.29) is 11.9 Å². The first-order chi connectivity index (χ1) is 10.0. The minimum atomic E-state index is -0.225. The maximum Gasteiger partial charge on any atom is 0.192 e. The molecule has 21 heavy (non-hydrogen) atoms. The van der Waals surface area contributed by atoms with Gasteiger partial charge in [0.25, 0.3) is 0 Å². The van der Waals surface area contributed by atoms with Crippen molar-refractivity contribution < 1.29 is 8.81 Å². The zero-order valence-corrected chi connectivity index (χ0v) is 13.2. The summed E-state index contributed by atoms with van der Waals surface area (Å²) in [6.07, 6.45) is 0. The average Bonchev–Trinajstić information content (AvgIpc) is 2.80. The third kappa shape index (κ3) is 2.93. The Morgan fingerprint density at radius 3 is 2.86 bits per heavy atom. The molecule has 0 radical (unpaired) electrons. The lowest BCUT2D eigenvalue weighted by Gasteiger charge is -2.16. The van der Waals surface area contributed by atoms with Crippen molar-refractivity contribution in [3.63, 3.8) is 0 Å². The zero-order chi connectivity index (χ0) is 15.0. The molecular weight excluding hydrogens is 335 g/mol. The van der Waals surface area contributed by atoms with Gasteiger partial charge in [-0.3, -0.25) is 0 Å². The largest absolute Gasteiger partial charge is 0.441 e. The Kier molecular flexibility index (Phi) is 3.68. The van der Waals surface area contributed by atoms with Gasteiger partial charge < -0.3 is 9.73 Å². The molecule has 1 atom stereocenters. The molecule has 3 rings (SSSR count). The number of benzene rings is 2. The molecule has 0 bridgehead atoms. The number of anilines is 1. The monoisotopic (exact) mass is 348 g/mol. The minimum absolute atomic E-state index is 0.159. The fourth-order valence-corrected chi connectivity index (χ4v) is 2.69. The van der Waals surface area contributed by atoms with Crippen molar-refractivity contribution in [2.45, 2.75) is 19.9 Å². The van der Waals surface area contributed by atoms with Crippen LogP contribution in [0.5, 0.6) is 0 Å². The molecule has 0 amide bonds. The molecule has 0 aliphatic rings. The van der Waals surface area contributed by atoms with Crippen molar-refractivity contribution in [3.8, 4) is 0 Å². The van der Waals surface area contributed by atoms with Crippen molar-refractivity contribution in [3.05, 3.63) is 58.1 Å². The number of hydrogen-bond donors (Lipinski definition) is 1. The highest BCUT2D eigenvalue weighted by molar-refractivity contribution is 9.10. The van der Waals surface area contributed by atoms with Gasteiger partial charge >= 0.3 is 0 Å². The van der Waals surface area contributed by atoms with Crippen molar-refractivity contribution in [1.29, 1.82) is 0 Å². The van der Waals surface area contributed by atoms with Crippen LogP contribution in [0.2, 0.25) is 0 Å². The van der Waals surface area contributed by atoms with Crippen molar-refractivity contribution in [2.75, 3.05) is 5.32 Å². The van der Waals surface area contributed by atoms with E-state index < -0.39 is 0 Å². The molecule has 1 aromatic heterocycles. The lowest BCUT2D eigenvalue weighted by molar-refractivity contribution is 0.561. The molecule has 0 aliphatic heterocycles. The van der Waals surface area contributed by atoms with Crippen molar-refractivity contribution in [2.24, 2.45) is 0 Å². The molecule has 5 heteroatoms. The van der Waals surface area contributed by atoms with Gasteiger partial charge in [0.1, 0.15) is 11.3 Å². The van der Waals surface area contributed by atoms with Gasteiger partial charge in [-0.2, -0.15) is 0 Å². The van der Waals surface area contributed by atoms with Gasteiger partial charge in [-0.25, -0.2) is 9.37 Å². The number of halogens is 2. The van der Waals surface area contributed by atoms with Crippen LogP contribution >= 0.6 is 15.9 Å². The highest BCUT2D eigenvalue weighted by atomic mass is 79.9. The molecule has 0 saturated carbocycles. The number of rotatable bonds is 3. The third-order valence-electron chi connectivity index (χ3n) is 3.30. The fraction of sp³-hybridized carbons (Fsp3) is 0.188. The Bertz CT molecular complexity index is 800. The molecule has 1 unspecified atom stereocenters. The van der Waals surface area contributed by atoms with Gasteiger partial charge in [0.15, 0.2) is 11.5 Å². The molecule has 0 aliphatic carbocycles. The maximum absolute atomic E-state index is 13.9. The topological polar surface area (TPSA) is 38.1 Å². The zero-order valence-electron chi connectivity index (χ0n) is 11.7. The smallest absolute Gasteiger partial charge is 0.192 e. The number of aromatic nitrogens is 1.